The van der Waals surface area contributed by atoms with Crippen molar-refractivity contribution in [2.24, 2.45) is 0 Å². The van der Waals surface area contributed by atoms with E-state index in [4.69, 9.17) is 5.11 Å². The summed E-state index contributed by atoms with van der Waals surface area (Å²) in [6.07, 6.45) is 5.31. The van der Waals surface area contributed by atoms with E-state index in [1.54, 1.807) is 0 Å². The van der Waals surface area contributed by atoms with Crippen LogP contribution in [0.1, 0.15) is 42.5 Å². The van der Waals surface area contributed by atoms with Crippen LogP contribution >= 0.6 is 0 Å². The zero-order chi connectivity index (χ0) is 14.5. The normalized spacial score (nSPS) is 15.6. The van der Waals surface area contributed by atoms with Gasteiger partial charge >= 0.3 is 12.0 Å². The van der Waals surface area contributed by atoms with Crippen molar-refractivity contribution in [1.82, 2.24) is 5.32 Å². The van der Waals surface area contributed by atoms with E-state index in [2.05, 4.69) is 10.6 Å². The van der Waals surface area contributed by atoms with Crippen LogP contribution < -0.4 is 10.6 Å². The fraction of sp³-hybridized carbons (Fsp3) is 0.429. The largest absolute Gasteiger partial charge is 0.508 e. The molecule has 0 saturated heterocycles. The molecule has 20 heavy (non-hydrogen) atoms. The highest BCUT2D eigenvalue weighted by Gasteiger charge is 2.17. The Bertz CT molecular complexity index is 510. The second-order valence-electron chi connectivity index (χ2n) is 4.97. The van der Waals surface area contributed by atoms with Crippen LogP contribution in [0.15, 0.2) is 18.2 Å². The van der Waals surface area contributed by atoms with Crippen LogP contribution in [0.5, 0.6) is 5.75 Å². The highest BCUT2D eigenvalue weighted by Crippen LogP contribution is 2.22. The summed E-state index contributed by atoms with van der Waals surface area (Å²) in [6, 6.07) is 3.56. The van der Waals surface area contributed by atoms with Gasteiger partial charge in [0.25, 0.3) is 0 Å². The molecule has 0 atom stereocenters. The molecule has 0 heterocycles. The summed E-state index contributed by atoms with van der Waals surface area (Å²) in [7, 11) is 0. The molecule has 1 aromatic rings. The van der Waals surface area contributed by atoms with Gasteiger partial charge in [0.1, 0.15) is 5.75 Å². The number of aromatic carboxylic acids is 1. The van der Waals surface area contributed by atoms with Gasteiger partial charge in [0.05, 0.1) is 11.3 Å². The Hall–Kier alpha value is -2.24. The SMILES string of the molecule is O=C(Nc1ccc(O)cc1C(=O)O)NC1CCCCC1. The average Bonchev–Trinajstić information content (AvgIpc) is 2.41. The zero-order valence-corrected chi connectivity index (χ0v) is 11.1. The summed E-state index contributed by atoms with van der Waals surface area (Å²) < 4.78 is 0. The van der Waals surface area contributed by atoms with Gasteiger partial charge in [-0.1, -0.05) is 19.3 Å². The molecule has 2 rings (SSSR count). The van der Waals surface area contributed by atoms with E-state index in [0.717, 1.165) is 31.7 Å². The van der Waals surface area contributed by atoms with Crippen LogP contribution in [-0.4, -0.2) is 28.3 Å². The fourth-order valence-electron chi connectivity index (χ4n) is 2.41. The first-order valence-corrected chi connectivity index (χ1v) is 6.70. The number of urea groups is 1. The molecule has 1 aromatic carbocycles. The van der Waals surface area contributed by atoms with Crippen molar-refractivity contribution < 1.29 is 19.8 Å². The van der Waals surface area contributed by atoms with E-state index in [0.29, 0.717) is 0 Å². The quantitative estimate of drug-likeness (QED) is 0.638. The number of hydrogen-bond donors (Lipinski definition) is 4. The van der Waals surface area contributed by atoms with Gasteiger partial charge in [-0.15, -0.1) is 0 Å². The molecule has 0 bridgehead atoms. The lowest BCUT2D eigenvalue weighted by atomic mass is 9.96. The summed E-state index contributed by atoms with van der Waals surface area (Å²) in [5.41, 5.74) is 0.0346. The van der Waals surface area contributed by atoms with Gasteiger partial charge in [-0.2, -0.15) is 0 Å². The predicted molar refractivity (Wildman–Crippen MR) is 74.1 cm³/mol. The average molecular weight is 278 g/mol. The van der Waals surface area contributed by atoms with Gasteiger partial charge in [-0.3, -0.25) is 0 Å². The summed E-state index contributed by atoms with van der Waals surface area (Å²) in [5, 5.41) is 23.7. The number of carbonyl (C=O) groups excluding carboxylic acids is 1. The number of benzene rings is 1. The van der Waals surface area contributed by atoms with Crippen molar-refractivity contribution >= 4 is 17.7 Å². The van der Waals surface area contributed by atoms with E-state index in [9.17, 15) is 14.7 Å². The molecule has 6 heteroatoms. The van der Waals surface area contributed by atoms with E-state index in [1.165, 1.54) is 18.6 Å². The lowest BCUT2D eigenvalue weighted by molar-refractivity contribution is 0.0697. The molecule has 1 aliphatic rings. The monoisotopic (exact) mass is 278 g/mol. The van der Waals surface area contributed by atoms with Crippen LogP contribution in [0.3, 0.4) is 0 Å². The third-order valence-electron chi connectivity index (χ3n) is 3.42. The second-order valence-corrected chi connectivity index (χ2v) is 4.97. The Morgan fingerprint density at radius 2 is 1.85 bits per heavy atom. The molecule has 0 radical (unpaired) electrons. The Balaban J connectivity index is 2.01. The maximum absolute atomic E-state index is 11.9. The van der Waals surface area contributed by atoms with Crippen LogP contribution in [0.2, 0.25) is 0 Å². The summed E-state index contributed by atoms with van der Waals surface area (Å²) in [6.45, 7) is 0. The van der Waals surface area contributed by atoms with Crippen molar-refractivity contribution in [2.75, 3.05) is 5.32 Å². The number of amides is 2. The minimum absolute atomic E-state index is 0.135. The molecule has 1 aliphatic carbocycles. The highest BCUT2D eigenvalue weighted by molar-refractivity contribution is 6.00. The molecule has 0 unspecified atom stereocenters. The summed E-state index contributed by atoms with van der Waals surface area (Å²) in [5.74, 6) is -1.35. The van der Waals surface area contributed by atoms with Gasteiger partial charge in [-0.05, 0) is 31.0 Å². The Kier molecular flexibility index (Phi) is 4.45. The molecule has 2 amide bonds. The van der Waals surface area contributed by atoms with Crippen LogP contribution in [0.4, 0.5) is 10.5 Å². The van der Waals surface area contributed by atoms with Gasteiger partial charge < -0.3 is 20.8 Å². The van der Waals surface area contributed by atoms with Gasteiger partial charge in [-0.25, -0.2) is 9.59 Å². The first-order valence-electron chi connectivity index (χ1n) is 6.70. The molecule has 1 saturated carbocycles. The first-order chi connectivity index (χ1) is 9.56. The molecule has 0 aliphatic heterocycles. The number of nitrogens with one attached hydrogen (secondary N) is 2. The lowest BCUT2D eigenvalue weighted by Crippen LogP contribution is -2.39. The van der Waals surface area contributed by atoms with Crippen molar-refractivity contribution in [2.45, 2.75) is 38.1 Å². The molecular formula is C14H18N2O4. The van der Waals surface area contributed by atoms with E-state index in [-0.39, 0.29) is 23.0 Å². The molecule has 108 valence electrons. The molecule has 0 spiro atoms. The summed E-state index contributed by atoms with van der Waals surface area (Å²) in [4.78, 5) is 22.9. The molecule has 6 nitrogen and oxygen atoms in total. The lowest BCUT2D eigenvalue weighted by Gasteiger charge is -2.23. The number of carboxylic acid groups (broad SMARTS) is 1. The Labute approximate surface area is 116 Å². The van der Waals surface area contributed by atoms with Crippen LogP contribution in [0.25, 0.3) is 0 Å². The minimum atomic E-state index is -1.20. The number of carboxylic acids is 1. The van der Waals surface area contributed by atoms with Gasteiger partial charge in [0, 0.05) is 6.04 Å². The standard InChI is InChI=1S/C14H18N2O4/c17-10-6-7-12(11(8-10)13(18)19)16-14(20)15-9-4-2-1-3-5-9/h6-9,17H,1-5H2,(H,18,19)(H2,15,16,20). The van der Waals surface area contributed by atoms with Crippen molar-refractivity contribution in [3.05, 3.63) is 23.8 Å². The van der Waals surface area contributed by atoms with Crippen LogP contribution in [-0.2, 0) is 0 Å². The van der Waals surface area contributed by atoms with Crippen LogP contribution in [0, 0.1) is 0 Å². The van der Waals surface area contributed by atoms with E-state index in [1.807, 2.05) is 0 Å². The number of phenols is 1. The number of hydrogen-bond acceptors (Lipinski definition) is 3. The van der Waals surface area contributed by atoms with Gasteiger partial charge in [0.2, 0.25) is 0 Å². The number of carbonyl (C=O) groups is 2. The maximum atomic E-state index is 11.9. The zero-order valence-electron chi connectivity index (χ0n) is 11.1. The predicted octanol–water partition coefficient (Wildman–Crippen LogP) is 2.54. The Morgan fingerprint density at radius 1 is 1.15 bits per heavy atom. The number of aromatic hydroxyl groups is 1. The molecule has 1 fully saturated rings. The number of anilines is 1. The third-order valence-corrected chi connectivity index (χ3v) is 3.42. The Morgan fingerprint density at radius 3 is 2.50 bits per heavy atom. The van der Waals surface area contributed by atoms with Crippen molar-refractivity contribution in [3.8, 4) is 5.75 Å². The molecule has 0 aromatic heterocycles. The van der Waals surface area contributed by atoms with Gasteiger partial charge in [0.15, 0.2) is 0 Å². The molecular weight excluding hydrogens is 260 g/mol. The minimum Gasteiger partial charge on any atom is -0.508 e. The second kappa shape index (κ2) is 6.27. The highest BCUT2D eigenvalue weighted by atomic mass is 16.4. The third kappa shape index (κ3) is 3.63. The summed E-state index contributed by atoms with van der Waals surface area (Å²) >= 11 is 0. The molecule has 4 N–H and O–H groups in total. The van der Waals surface area contributed by atoms with E-state index < -0.39 is 12.0 Å². The van der Waals surface area contributed by atoms with Crippen molar-refractivity contribution in [3.63, 3.8) is 0 Å². The first kappa shape index (κ1) is 14.2. The number of rotatable bonds is 3. The smallest absolute Gasteiger partial charge is 0.337 e. The van der Waals surface area contributed by atoms with E-state index >= 15 is 0 Å². The topological polar surface area (TPSA) is 98.7 Å². The van der Waals surface area contributed by atoms with Crippen molar-refractivity contribution in [1.29, 1.82) is 0 Å². The fourth-order valence-corrected chi connectivity index (χ4v) is 2.41. The number of phenolic OH excluding ortho intramolecular Hbond substituents is 1. The maximum Gasteiger partial charge on any atom is 0.337 e.